The quantitative estimate of drug-likeness (QED) is 0.693. The topological polar surface area (TPSA) is 59.7 Å². The lowest BCUT2D eigenvalue weighted by Gasteiger charge is -2.03. The first-order valence-corrected chi connectivity index (χ1v) is 4.02. The second kappa shape index (κ2) is 4.79. The Kier molecular flexibility index (Phi) is 3.67. The Bertz CT molecular complexity index is 264. The Morgan fingerprint density at radius 3 is 3.00 bits per heavy atom. The molecule has 1 atom stereocenters. The van der Waals surface area contributed by atoms with Crippen LogP contribution in [-0.2, 0) is 11.3 Å². The number of furan rings is 1. The smallest absolute Gasteiger partial charge is 0.185 e. The Labute approximate surface area is 76.1 Å². The zero-order valence-corrected chi connectivity index (χ0v) is 7.40. The molecule has 0 aliphatic rings. The summed E-state index contributed by atoms with van der Waals surface area (Å²) in [5.41, 5.74) is 0. The molecule has 0 spiro atoms. The molecule has 0 bridgehead atoms. The first kappa shape index (κ1) is 9.95. The molecule has 13 heavy (non-hydrogen) atoms. The second-order valence-corrected chi connectivity index (χ2v) is 2.79. The maximum absolute atomic E-state index is 10.2. The zero-order valence-electron chi connectivity index (χ0n) is 7.40. The van der Waals surface area contributed by atoms with Crippen LogP contribution in [0.15, 0.2) is 16.5 Å². The van der Waals surface area contributed by atoms with E-state index in [1.165, 1.54) is 0 Å². The van der Waals surface area contributed by atoms with Gasteiger partial charge in [0.25, 0.3) is 0 Å². The molecule has 0 aromatic carbocycles. The third kappa shape index (κ3) is 3.40. The van der Waals surface area contributed by atoms with E-state index in [-0.39, 0.29) is 19.0 Å². The van der Waals surface area contributed by atoms with E-state index >= 15 is 0 Å². The van der Waals surface area contributed by atoms with Gasteiger partial charge in [0.1, 0.15) is 12.4 Å². The van der Waals surface area contributed by atoms with Crippen molar-refractivity contribution < 1.29 is 19.1 Å². The number of carbonyl (C=O) groups excluding carboxylic acids is 1. The minimum atomic E-state index is -0.486. The number of aliphatic hydroxyl groups excluding tert-OH is 1. The molecule has 0 saturated heterocycles. The molecule has 1 N–H and O–H groups in total. The Morgan fingerprint density at radius 2 is 2.46 bits per heavy atom. The summed E-state index contributed by atoms with van der Waals surface area (Å²) in [6, 6.07) is 3.25. The fourth-order valence-electron chi connectivity index (χ4n) is 0.865. The third-order valence-corrected chi connectivity index (χ3v) is 1.40. The van der Waals surface area contributed by atoms with Gasteiger partial charge >= 0.3 is 0 Å². The van der Waals surface area contributed by atoms with E-state index in [0.29, 0.717) is 12.0 Å². The molecule has 0 amide bonds. The van der Waals surface area contributed by atoms with Crippen molar-refractivity contribution in [3.05, 3.63) is 23.7 Å². The van der Waals surface area contributed by atoms with Gasteiger partial charge in [-0.1, -0.05) is 0 Å². The molecule has 0 radical (unpaired) electrons. The molecule has 4 heteroatoms. The molecular weight excluding hydrogens is 172 g/mol. The fourth-order valence-corrected chi connectivity index (χ4v) is 0.865. The second-order valence-electron chi connectivity index (χ2n) is 2.79. The van der Waals surface area contributed by atoms with Crippen LogP contribution in [0, 0.1) is 0 Å². The highest BCUT2D eigenvalue weighted by molar-refractivity contribution is 5.70. The van der Waals surface area contributed by atoms with E-state index in [1.54, 1.807) is 19.1 Å². The number of rotatable bonds is 5. The summed E-state index contributed by atoms with van der Waals surface area (Å²) in [6.07, 6.45) is 0.151. The molecule has 1 aromatic heterocycles. The highest BCUT2D eigenvalue weighted by atomic mass is 16.5. The van der Waals surface area contributed by atoms with Crippen LogP contribution in [0.5, 0.6) is 0 Å². The van der Waals surface area contributed by atoms with Gasteiger partial charge in [-0.2, -0.15) is 0 Å². The normalized spacial score (nSPS) is 12.8. The molecule has 1 aromatic rings. The molecule has 0 fully saturated rings. The maximum Gasteiger partial charge on any atom is 0.185 e. The number of hydrogen-bond donors (Lipinski definition) is 1. The van der Waals surface area contributed by atoms with Gasteiger partial charge in [0.2, 0.25) is 0 Å². The van der Waals surface area contributed by atoms with Gasteiger partial charge in [-0.05, 0) is 19.1 Å². The average Bonchev–Trinajstić information content (AvgIpc) is 2.52. The van der Waals surface area contributed by atoms with Crippen LogP contribution in [0.3, 0.4) is 0 Å². The standard InChI is InChI=1S/C9H12O4/c1-7(11)5-12-6-9-3-2-8(4-10)13-9/h2-4,7,11H,5-6H2,1H3. The maximum atomic E-state index is 10.2. The lowest BCUT2D eigenvalue weighted by Crippen LogP contribution is -2.09. The van der Waals surface area contributed by atoms with Gasteiger partial charge in [0.15, 0.2) is 12.0 Å². The molecule has 72 valence electrons. The summed E-state index contributed by atoms with van der Waals surface area (Å²) >= 11 is 0. The number of aldehydes is 1. The largest absolute Gasteiger partial charge is 0.456 e. The summed E-state index contributed by atoms with van der Waals surface area (Å²) in [7, 11) is 0. The Hall–Kier alpha value is -1.13. The van der Waals surface area contributed by atoms with E-state index in [0.717, 1.165) is 0 Å². The first-order chi connectivity index (χ1) is 6.22. The zero-order chi connectivity index (χ0) is 9.68. The van der Waals surface area contributed by atoms with Crippen molar-refractivity contribution in [2.24, 2.45) is 0 Å². The van der Waals surface area contributed by atoms with E-state index < -0.39 is 6.10 Å². The van der Waals surface area contributed by atoms with Crippen LogP contribution in [0.1, 0.15) is 23.2 Å². The molecule has 0 aliphatic heterocycles. The van der Waals surface area contributed by atoms with Crippen molar-refractivity contribution in [2.45, 2.75) is 19.6 Å². The van der Waals surface area contributed by atoms with Gasteiger partial charge in [-0.3, -0.25) is 4.79 Å². The van der Waals surface area contributed by atoms with Crippen molar-refractivity contribution in [1.29, 1.82) is 0 Å². The van der Waals surface area contributed by atoms with Gasteiger partial charge in [-0.15, -0.1) is 0 Å². The fraction of sp³-hybridized carbons (Fsp3) is 0.444. The van der Waals surface area contributed by atoms with E-state index in [2.05, 4.69) is 0 Å². The van der Waals surface area contributed by atoms with Crippen molar-refractivity contribution >= 4 is 6.29 Å². The Balaban J connectivity index is 2.32. The molecule has 1 heterocycles. The van der Waals surface area contributed by atoms with Crippen molar-refractivity contribution in [2.75, 3.05) is 6.61 Å². The van der Waals surface area contributed by atoms with Gasteiger partial charge in [-0.25, -0.2) is 0 Å². The molecule has 1 rings (SSSR count). The first-order valence-electron chi connectivity index (χ1n) is 4.02. The van der Waals surface area contributed by atoms with E-state index in [9.17, 15) is 4.79 Å². The van der Waals surface area contributed by atoms with E-state index in [1.807, 2.05) is 0 Å². The number of hydrogen-bond acceptors (Lipinski definition) is 4. The van der Waals surface area contributed by atoms with E-state index in [4.69, 9.17) is 14.3 Å². The molecule has 4 nitrogen and oxygen atoms in total. The molecule has 1 unspecified atom stereocenters. The number of carbonyl (C=O) groups is 1. The molecular formula is C9H12O4. The van der Waals surface area contributed by atoms with Crippen molar-refractivity contribution in [3.63, 3.8) is 0 Å². The van der Waals surface area contributed by atoms with Crippen molar-refractivity contribution in [1.82, 2.24) is 0 Å². The minimum absolute atomic E-state index is 0.261. The summed E-state index contributed by atoms with van der Waals surface area (Å²) < 4.78 is 10.1. The van der Waals surface area contributed by atoms with Gasteiger partial charge in [0.05, 0.1) is 12.7 Å². The van der Waals surface area contributed by atoms with Crippen LogP contribution >= 0.6 is 0 Å². The average molecular weight is 184 g/mol. The Morgan fingerprint density at radius 1 is 1.69 bits per heavy atom. The van der Waals surface area contributed by atoms with Crippen LogP contribution in [-0.4, -0.2) is 24.1 Å². The van der Waals surface area contributed by atoms with Crippen LogP contribution in [0.25, 0.3) is 0 Å². The molecule has 0 aliphatic carbocycles. The third-order valence-electron chi connectivity index (χ3n) is 1.40. The minimum Gasteiger partial charge on any atom is -0.456 e. The monoisotopic (exact) mass is 184 g/mol. The lowest BCUT2D eigenvalue weighted by molar-refractivity contribution is 0.0305. The number of ether oxygens (including phenoxy) is 1. The summed E-state index contributed by atoms with van der Waals surface area (Å²) in [4.78, 5) is 10.2. The van der Waals surface area contributed by atoms with Crippen LogP contribution in [0.2, 0.25) is 0 Å². The summed E-state index contributed by atoms with van der Waals surface area (Å²) in [5, 5.41) is 8.87. The predicted octanol–water partition coefficient (Wildman–Crippen LogP) is 0.990. The van der Waals surface area contributed by atoms with Gasteiger partial charge in [0, 0.05) is 0 Å². The van der Waals surface area contributed by atoms with Crippen LogP contribution in [0.4, 0.5) is 0 Å². The highest BCUT2D eigenvalue weighted by Gasteiger charge is 2.01. The van der Waals surface area contributed by atoms with Crippen molar-refractivity contribution in [3.8, 4) is 0 Å². The molecule has 0 saturated carbocycles. The highest BCUT2D eigenvalue weighted by Crippen LogP contribution is 2.06. The SMILES string of the molecule is CC(O)COCc1ccc(C=O)o1. The predicted molar refractivity (Wildman–Crippen MR) is 45.4 cm³/mol. The lowest BCUT2D eigenvalue weighted by atomic mass is 10.4. The summed E-state index contributed by atoms with van der Waals surface area (Å²) in [5.74, 6) is 0.874. The number of aliphatic hydroxyl groups is 1. The van der Waals surface area contributed by atoms with Gasteiger partial charge < -0.3 is 14.3 Å². The summed E-state index contributed by atoms with van der Waals surface area (Å²) in [6.45, 7) is 2.18. The van der Waals surface area contributed by atoms with Crippen LogP contribution < -0.4 is 0 Å².